The summed E-state index contributed by atoms with van der Waals surface area (Å²) in [5.74, 6) is -3.02. The molecular formula is C12H15NO5S. The normalized spacial score (nSPS) is 12.7. The Bertz CT molecular complexity index is 553. The molecule has 0 saturated carbocycles. The van der Waals surface area contributed by atoms with Crippen molar-refractivity contribution in [1.82, 2.24) is 0 Å². The van der Waals surface area contributed by atoms with Crippen LogP contribution in [0.1, 0.15) is 13.3 Å². The third-order valence-corrected chi connectivity index (χ3v) is 4.54. The van der Waals surface area contributed by atoms with Crippen LogP contribution in [0.15, 0.2) is 30.3 Å². The second-order valence-electron chi connectivity index (χ2n) is 3.96. The van der Waals surface area contributed by atoms with Gasteiger partial charge < -0.3 is 10.4 Å². The summed E-state index contributed by atoms with van der Waals surface area (Å²) in [5, 5.41) is 9.66. The van der Waals surface area contributed by atoms with Gasteiger partial charge in [-0.25, -0.2) is 8.42 Å². The van der Waals surface area contributed by atoms with Gasteiger partial charge in [-0.2, -0.15) is 0 Å². The topological polar surface area (TPSA) is 101 Å². The van der Waals surface area contributed by atoms with Crippen molar-refractivity contribution in [1.29, 1.82) is 0 Å². The molecule has 0 radical (unpaired) electrons. The lowest BCUT2D eigenvalue weighted by Gasteiger charge is -2.11. The summed E-state index contributed by atoms with van der Waals surface area (Å²) in [6.45, 7) is 1.45. The summed E-state index contributed by atoms with van der Waals surface area (Å²) >= 11 is 0. The van der Waals surface area contributed by atoms with E-state index in [2.05, 4.69) is 5.32 Å². The molecule has 2 N–H and O–H groups in total. The lowest BCUT2D eigenvalue weighted by Crippen LogP contribution is -2.35. The number of sulfone groups is 1. The van der Waals surface area contributed by atoms with E-state index in [9.17, 15) is 18.0 Å². The second kappa shape index (κ2) is 6.33. The van der Waals surface area contributed by atoms with Gasteiger partial charge in [0, 0.05) is 5.69 Å². The molecule has 0 aliphatic rings. The molecule has 0 bridgehead atoms. The summed E-state index contributed by atoms with van der Waals surface area (Å²) in [4.78, 5) is 22.4. The van der Waals surface area contributed by atoms with Crippen LogP contribution in [0.2, 0.25) is 0 Å². The van der Waals surface area contributed by atoms with Gasteiger partial charge in [0.15, 0.2) is 15.1 Å². The van der Waals surface area contributed by atoms with Crippen LogP contribution in [0.4, 0.5) is 5.69 Å². The molecule has 6 nitrogen and oxygen atoms in total. The van der Waals surface area contributed by atoms with E-state index < -0.39 is 32.7 Å². The molecular weight excluding hydrogens is 270 g/mol. The third kappa shape index (κ3) is 4.36. The van der Waals surface area contributed by atoms with Crippen LogP contribution in [-0.2, 0) is 19.4 Å². The zero-order valence-electron chi connectivity index (χ0n) is 10.4. The zero-order valence-corrected chi connectivity index (χ0v) is 11.2. The predicted octanol–water partition coefficient (Wildman–Crippen LogP) is 0.903. The number of nitrogens with one attached hydrogen (secondary N) is 1. The molecule has 0 aliphatic carbocycles. The Labute approximate surface area is 111 Å². The first-order valence-corrected chi connectivity index (χ1v) is 7.37. The predicted molar refractivity (Wildman–Crippen MR) is 70.6 cm³/mol. The van der Waals surface area contributed by atoms with E-state index in [1.807, 2.05) is 0 Å². The van der Waals surface area contributed by atoms with Crippen molar-refractivity contribution in [2.75, 3.05) is 11.1 Å². The second-order valence-corrected chi connectivity index (χ2v) is 6.14. The number of carbonyl (C=O) groups excluding carboxylic acids is 1. The SMILES string of the molecule is CCC(C(=O)O)S(=O)(=O)CC(=O)Nc1ccccc1. The zero-order chi connectivity index (χ0) is 14.5. The van der Waals surface area contributed by atoms with E-state index >= 15 is 0 Å². The van der Waals surface area contributed by atoms with Gasteiger partial charge in [-0.1, -0.05) is 25.1 Å². The van der Waals surface area contributed by atoms with E-state index in [1.54, 1.807) is 30.3 Å². The number of amides is 1. The van der Waals surface area contributed by atoms with Crippen molar-refractivity contribution in [3.05, 3.63) is 30.3 Å². The lowest BCUT2D eigenvalue weighted by atomic mass is 10.3. The van der Waals surface area contributed by atoms with Gasteiger partial charge in [-0.3, -0.25) is 9.59 Å². The summed E-state index contributed by atoms with van der Waals surface area (Å²) < 4.78 is 23.5. The minimum Gasteiger partial charge on any atom is -0.480 e. The molecule has 104 valence electrons. The van der Waals surface area contributed by atoms with Crippen LogP contribution in [0, 0.1) is 0 Å². The molecule has 0 fully saturated rings. The number of benzene rings is 1. The third-order valence-electron chi connectivity index (χ3n) is 2.47. The lowest BCUT2D eigenvalue weighted by molar-refractivity contribution is -0.136. The fourth-order valence-corrected chi connectivity index (χ4v) is 3.04. The molecule has 1 aromatic carbocycles. The van der Waals surface area contributed by atoms with Crippen LogP contribution in [0.25, 0.3) is 0 Å². The van der Waals surface area contributed by atoms with Crippen molar-refractivity contribution >= 4 is 27.4 Å². The van der Waals surface area contributed by atoms with Crippen molar-refractivity contribution in [2.24, 2.45) is 0 Å². The van der Waals surface area contributed by atoms with Crippen molar-refractivity contribution < 1.29 is 23.1 Å². The Balaban J connectivity index is 2.73. The fourth-order valence-electron chi connectivity index (χ4n) is 1.58. The van der Waals surface area contributed by atoms with Gasteiger partial charge in [0.05, 0.1) is 0 Å². The smallest absolute Gasteiger partial charge is 0.321 e. The molecule has 1 amide bonds. The summed E-state index contributed by atoms with van der Waals surface area (Å²) in [6, 6.07) is 8.36. The highest BCUT2D eigenvalue weighted by atomic mass is 32.2. The molecule has 0 aromatic heterocycles. The Morgan fingerprint density at radius 3 is 2.32 bits per heavy atom. The molecule has 0 saturated heterocycles. The van der Waals surface area contributed by atoms with E-state index in [1.165, 1.54) is 6.92 Å². The number of rotatable bonds is 6. The molecule has 1 unspecified atom stereocenters. The Morgan fingerprint density at radius 2 is 1.84 bits per heavy atom. The minimum absolute atomic E-state index is 0.0731. The average molecular weight is 285 g/mol. The van der Waals surface area contributed by atoms with Crippen LogP contribution in [0.3, 0.4) is 0 Å². The molecule has 1 rings (SSSR count). The number of hydrogen-bond donors (Lipinski definition) is 2. The van der Waals surface area contributed by atoms with Gasteiger partial charge in [0.2, 0.25) is 5.91 Å². The van der Waals surface area contributed by atoms with Crippen LogP contribution < -0.4 is 5.32 Å². The van der Waals surface area contributed by atoms with Crippen molar-refractivity contribution in [3.8, 4) is 0 Å². The standard InChI is InChI=1S/C12H15NO5S/c1-2-10(12(15)16)19(17,18)8-11(14)13-9-6-4-3-5-7-9/h3-7,10H,2,8H2,1H3,(H,13,14)(H,15,16). The highest BCUT2D eigenvalue weighted by Gasteiger charge is 2.32. The molecule has 7 heteroatoms. The maximum absolute atomic E-state index is 11.8. The number of carboxylic acids is 1. The first-order valence-electron chi connectivity index (χ1n) is 5.66. The number of carboxylic acid groups (broad SMARTS) is 1. The maximum Gasteiger partial charge on any atom is 0.321 e. The average Bonchev–Trinajstić information content (AvgIpc) is 2.28. The van der Waals surface area contributed by atoms with Crippen molar-refractivity contribution in [2.45, 2.75) is 18.6 Å². The Hall–Kier alpha value is -1.89. The van der Waals surface area contributed by atoms with Gasteiger partial charge in [0.1, 0.15) is 5.75 Å². The Morgan fingerprint density at radius 1 is 1.26 bits per heavy atom. The van der Waals surface area contributed by atoms with E-state index in [-0.39, 0.29) is 6.42 Å². The van der Waals surface area contributed by atoms with Gasteiger partial charge in [0.25, 0.3) is 0 Å². The van der Waals surface area contributed by atoms with Gasteiger partial charge >= 0.3 is 5.97 Å². The van der Waals surface area contributed by atoms with E-state index in [4.69, 9.17) is 5.11 Å². The summed E-state index contributed by atoms with van der Waals surface area (Å²) in [5.41, 5.74) is 0.464. The number of anilines is 1. The summed E-state index contributed by atoms with van der Waals surface area (Å²) in [7, 11) is -4.00. The van der Waals surface area contributed by atoms with Crippen molar-refractivity contribution in [3.63, 3.8) is 0 Å². The molecule has 1 atom stereocenters. The first-order chi connectivity index (χ1) is 8.86. The summed E-state index contributed by atoms with van der Waals surface area (Å²) in [6.07, 6.45) is -0.0731. The van der Waals surface area contributed by atoms with Crippen LogP contribution >= 0.6 is 0 Å². The fraction of sp³-hybridized carbons (Fsp3) is 0.333. The van der Waals surface area contributed by atoms with Gasteiger partial charge in [-0.05, 0) is 18.6 Å². The molecule has 0 heterocycles. The molecule has 19 heavy (non-hydrogen) atoms. The largest absolute Gasteiger partial charge is 0.480 e. The van der Waals surface area contributed by atoms with Crippen LogP contribution in [0.5, 0.6) is 0 Å². The molecule has 0 spiro atoms. The first kappa shape index (κ1) is 15.2. The van der Waals surface area contributed by atoms with Gasteiger partial charge in [-0.15, -0.1) is 0 Å². The minimum atomic E-state index is -4.00. The highest BCUT2D eigenvalue weighted by molar-refractivity contribution is 7.93. The van der Waals surface area contributed by atoms with E-state index in [0.29, 0.717) is 5.69 Å². The molecule has 0 aliphatic heterocycles. The van der Waals surface area contributed by atoms with Crippen LogP contribution in [-0.4, -0.2) is 36.4 Å². The highest BCUT2D eigenvalue weighted by Crippen LogP contribution is 2.10. The number of carbonyl (C=O) groups is 2. The number of aliphatic carboxylic acids is 1. The number of hydrogen-bond acceptors (Lipinski definition) is 4. The monoisotopic (exact) mass is 285 g/mol. The van der Waals surface area contributed by atoms with E-state index in [0.717, 1.165) is 0 Å². The number of para-hydroxylation sites is 1. The quantitative estimate of drug-likeness (QED) is 0.809. The maximum atomic E-state index is 11.8. The molecule has 1 aromatic rings. The Kier molecular flexibility index (Phi) is 5.05.